The number of benzene rings is 1. The third-order valence-corrected chi connectivity index (χ3v) is 4.99. The van der Waals surface area contributed by atoms with Crippen LogP contribution < -0.4 is 5.32 Å². The Bertz CT molecular complexity index is 647. The Morgan fingerprint density at radius 2 is 1.91 bits per heavy atom. The molecule has 1 aromatic heterocycles. The molecule has 6 heteroatoms. The van der Waals surface area contributed by atoms with Crippen molar-refractivity contribution in [2.45, 2.75) is 32.6 Å². The summed E-state index contributed by atoms with van der Waals surface area (Å²) in [5.41, 5.74) is 1.78. The molecule has 0 spiro atoms. The first kappa shape index (κ1) is 16.1. The minimum atomic E-state index is -0.135. The molecule has 1 saturated heterocycles. The maximum absolute atomic E-state index is 12.2. The van der Waals surface area contributed by atoms with E-state index >= 15 is 0 Å². The lowest BCUT2D eigenvalue weighted by Crippen LogP contribution is -2.31. The second kappa shape index (κ2) is 7.66. The third kappa shape index (κ3) is 4.59. The van der Waals surface area contributed by atoms with E-state index in [2.05, 4.69) is 20.4 Å². The van der Waals surface area contributed by atoms with Gasteiger partial charge in [0.1, 0.15) is 5.01 Å². The number of amides is 1. The number of anilines is 1. The SMILES string of the molecule is Cc1ccc(C(=O)Nc2nnc(CCN3CCCCC3)s2)cc1. The van der Waals surface area contributed by atoms with E-state index in [4.69, 9.17) is 0 Å². The fourth-order valence-corrected chi connectivity index (χ4v) is 3.44. The minimum absolute atomic E-state index is 0.135. The number of likely N-dealkylation sites (tertiary alicyclic amines) is 1. The third-order valence-electron chi connectivity index (χ3n) is 4.09. The van der Waals surface area contributed by atoms with E-state index in [1.165, 1.54) is 43.7 Å². The number of piperidine rings is 1. The van der Waals surface area contributed by atoms with Gasteiger partial charge in [0.05, 0.1) is 0 Å². The Hall–Kier alpha value is -1.79. The zero-order chi connectivity index (χ0) is 16.1. The number of carbonyl (C=O) groups is 1. The molecule has 3 rings (SSSR count). The van der Waals surface area contributed by atoms with E-state index in [-0.39, 0.29) is 5.91 Å². The summed E-state index contributed by atoms with van der Waals surface area (Å²) in [5, 5.41) is 12.7. The molecule has 1 aromatic carbocycles. The minimum Gasteiger partial charge on any atom is -0.303 e. The molecule has 0 bridgehead atoms. The van der Waals surface area contributed by atoms with E-state index in [0.29, 0.717) is 10.7 Å². The number of nitrogens with zero attached hydrogens (tertiary/aromatic N) is 3. The Kier molecular flexibility index (Phi) is 5.35. The van der Waals surface area contributed by atoms with Crippen molar-refractivity contribution in [3.05, 3.63) is 40.4 Å². The molecule has 1 fully saturated rings. The first-order valence-electron chi connectivity index (χ1n) is 8.13. The second-order valence-electron chi connectivity index (χ2n) is 5.97. The fourth-order valence-electron chi connectivity index (χ4n) is 2.72. The molecule has 23 heavy (non-hydrogen) atoms. The van der Waals surface area contributed by atoms with Crippen LogP contribution in [0.2, 0.25) is 0 Å². The van der Waals surface area contributed by atoms with Crippen LogP contribution in [-0.2, 0) is 6.42 Å². The Balaban J connectivity index is 1.52. The zero-order valence-corrected chi connectivity index (χ0v) is 14.2. The lowest BCUT2D eigenvalue weighted by atomic mass is 10.1. The molecule has 122 valence electrons. The number of aryl methyl sites for hydroxylation is 1. The van der Waals surface area contributed by atoms with E-state index in [0.717, 1.165) is 23.5 Å². The van der Waals surface area contributed by atoms with Gasteiger partial charge in [-0.3, -0.25) is 10.1 Å². The summed E-state index contributed by atoms with van der Waals surface area (Å²) in [5.74, 6) is -0.135. The van der Waals surface area contributed by atoms with E-state index < -0.39 is 0 Å². The standard InChI is InChI=1S/C17H22N4OS/c1-13-5-7-14(8-6-13)16(22)18-17-20-19-15(23-17)9-12-21-10-3-2-4-11-21/h5-8H,2-4,9-12H2,1H3,(H,18,20,22). The van der Waals surface area contributed by atoms with Gasteiger partial charge in [-0.25, -0.2) is 0 Å². The highest BCUT2D eigenvalue weighted by molar-refractivity contribution is 7.15. The van der Waals surface area contributed by atoms with Gasteiger partial charge in [0.2, 0.25) is 5.13 Å². The van der Waals surface area contributed by atoms with Crippen molar-refractivity contribution in [3.8, 4) is 0 Å². The van der Waals surface area contributed by atoms with Gasteiger partial charge in [-0.1, -0.05) is 35.5 Å². The van der Waals surface area contributed by atoms with Crippen LogP contribution in [0.4, 0.5) is 5.13 Å². The van der Waals surface area contributed by atoms with Crippen LogP contribution in [0.1, 0.15) is 40.2 Å². The number of hydrogen-bond acceptors (Lipinski definition) is 5. The van der Waals surface area contributed by atoms with Crippen molar-refractivity contribution < 1.29 is 4.79 Å². The molecular weight excluding hydrogens is 308 g/mol. The molecular formula is C17H22N4OS. The smallest absolute Gasteiger partial charge is 0.257 e. The van der Waals surface area contributed by atoms with Crippen molar-refractivity contribution >= 4 is 22.4 Å². The van der Waals surface area contributed by atoms with Crippen LogP contribution >= 0.6 is 11.3 Å². The van der Waals surface area contributed by atoms with Crippen LogP contribution in [0.25, 0.3) is 0 Å². The lowest BCUT2D eigenvalue weighted by molar-refractivity contribution is 0.102. The molecule has 0 radical (unpaired) electrons. The van der Waals surface area contributed by atoms with Gasteiger partial charge in [0.15, 0.2) is 0 Å². The van der Waals surface area contributed by atoms with E-state index in [1.807, 2.05) is 31.2 Å². The number of nitrogens with one attached hydrogen (secondary N) is 1. The molecule has 2 aromatic rings. The van der Waals surface area contributed by atoms with Gasteiger partial charge >= 0.3 is 0 Å². The van der Waals surface area contributed by atoms with E-state index in [9.17, 15) is 4.79 Å². The van der Waals surface area contributed by atoms with Crippen molar-refractivity contribution in [1.29, 1.82) is 0 Å². The van der Waals surface area contributed by atoms with Gasteiger partial charge in [0.25, 0.3) is 5.91 Å². The quantitative estimate of drug-likeness (QED) is 0.915. The van der Waals surface area contributed by atoms with Crippen molar-refractivity contribution in [2.24, 2.45) is 0 Å². The van der Waals surface area contributed by atoms with Gasteiger partial charge in [-0.15, -0.1) is 10.2 Å². The number of hydrogen-bond donors (Lipinski definition) is 1. The van der Waals surface area contributed by atoms with Gasteiger partial charge < -0.3 is 4.90 Å². The molecule has 0 aliphatic carbocycles. The average molecular weight is 330 g/mol. The molecule has 2 heterocycles. The Morgan fingerprint density at radius 1 is 1.17 bits per heavy atom. The molecule has 1 N–H and O–H groups in total. The first-order chi connectivity index (χ1) is 11.2. The highest BCUT2D eigenvalue weighted by Crippen LogP contribution is 2.18. The largest absolute Gasteiger partial charge is 0.303 e. The van der Waals surface area contributed by atoms with E-state index in [1.54, 1.807) is 0 Å². The maximum atomic E-state index is 12.2. The summed E-state index contributed by atoms with van der Waals surface area (Å²) in [6.07, 6.45) is 4.85. The fraction of sp³-hybridized carbons (Fsp3) is 0.471. The predicted octanol–water partition coefficient (Wildman–Crippen LogP) is 3.13. The van der Waals surface area contributed by atoms with Crippen LogP contribution in [0.3, 0.4) is 0 Å². The summed E-state index contributed by atoms with van der Waals surface area (Å²) in [6.45, 7) is 5.41. The number of rotatable bonds is 5. The van der Waals surface area contributed by atoms with Crippen LogP contribution in [-0.4, -0.2) is 40.6 Å². The van der Waals surface area contributed by atoms with Gasteiger partial charge in [0, 0.05) is 18.5 Å². The average Bonchev–Trinajstić information content (AvgIpc) is 3.02. The second-order valence-corrected chi connectivity index (χ2v) is 7.04. The summed E-state index contributed by atoms with van der Waals surface area (Å²) >= 11 is 1.47. The summed E-state index contributed by atoms with van der Waals surface area (Å²) in [4.78, 5) is 14.6. The van der Waals surface area contributed by atoms with Crippen LogP contribution in [0, 0.1) is 6.92 Å². The molecule has 0 saturated carbocycles. The number of aromatic nitrogens is 2. The molecule has 1 amide bonds. The Morgan fingerprint density at radius 3 is 2.65 bits per heavy atom. The van der Waals surface area contributed by atoms with Crippen molar-refractivity contribution in [3.63, 3.8) is 0 Å². The molecule has 1 aliphatic rings. The molecule has 0 unspecified atom stereocenters. The monoisotopic (exact) mass is 330 g/mol. The lowest BCUT2D eigenvalue weighted by Gasteiger charge is -2.25. The van der Waals surface area contributed by atoms with Crippen molar-refractivity contribution in [2.75, 3.05) is 25.0 Å². The normalized spacial score (nSPS) is 15.5. The van der Waals surface area contributed by atoms with Crippen molar-refractivity contribution in [1.82, 2.24) is 15.1 Å². The summed E-state index contributed by atoms with van der Waals surface area (Å²) in [7, 11) is 0. The Labute approximate surface area is 140 Å². The molecule has 1 aliphatic heterocycles. The van der Waals surface area contributed by atoms with Crippen LogP contribution in [0.5, 0.6) is 0 Å². The highest BCUT2D eigenvalue weighted by Gasteiger charge is 2.13. The molecule has 0 atom stereocenters. The topological polar surface area (TPSA) is 58.1 Å². The predicted molar refractivity (Wildman–Crippen MR) is 93.0 cm³/mol. The summed E-state index contributed by atoms with van der Waals surface area (Å²) < 4.78 is 0. The van der Waals surface area contributed by atoms with Crippen LogP contribution in [0.15, 0.2) is 24.3 Å². The summed E-state index contributed by atoms with van der Waals surface area (Å²) in [6, 6.07) is 7.50. The molecule has 5 nitrogen and oxygen atoms in total. The zero-order valence-electron chi connectivity index (χ0n) is 13.4. The maximum Gasteiger partial charge on any atom is 0.257 e. The van der Waals surface area contributed by atoms with Gasteiger partial charge in [-0.05, 0) is 45.0 Å². The van der Waals surface area contributed by atoms with Gasteiger partial charge in [-0.2, -0.15) is 0 Å². The first-order valence-corrected chi connectivity index (χ1v) is 8.95. The number of carbonyl (C=O) groups excluding carboxylic acids is 1. The highest BCUT2D eigenvalue weighted by atomic mass is 32.1.